The Kier molecular flexibility index (Phi) is 4.51. The molecule has 0 bridgehead atoms. The number of hydrogen-bond donors (Lipinski definition) is 1. The molecule has 2 rings (SSSR count). The zero-order chi connectivity index (χ0) is 14.9. The lowest BCUT2D eigenvalue weighted by Gasteiger charge is -2.28. The van der Waals surface area contributed by atoms with Crippen molar-refractivity contribution in [2.75, 3.05) is 6.61 Å². The molecule has 0 saturated carbocycles. The lowest BCUT2D eigenvalue weighted by atomic mass is 9.95. The Morgan fingerprint density at radius 3 is 2.80 bits per heavy atom. The van der Waals surface area contributed by atoms with Gasteiger partial charge in [-0.1, -0.05) is 6.92 Å². The van der Waals surface area contributed by atoms with Gasteiger partial charge < -0.3 is 4.74 Å². The third kappa shape index (κ3) is 3.05. The van der Waals surface area contributed by atoms with Crippen LogP contribution in [0.1, 0.15) is 37.3 Å². The quantitative estimate of drug-likeness (QED) is 0.920. The maximum atomic E-state index is 12.1. The molecule has 20 heavy (non-hydrogen) atoms. The third-order valence-corrected chi connectivity index (χ3v) is 6.17. The van der Waals surface area contributed by atoms with Gasteiger partial charge in [0.25, 0.3) is 0 Å². The second-order valence-corrected chi connectivity index (χ2v) is 8.43. The monoisotopic (exact) mass is 317 g/mol. The van der Waals surface area contributed by atoms with Gasteiger partial charge in [0, 0.05) is 11.3 Å². The molecule has 1 aliphatic heterocycles. The van der Waals surface area contributed by atoms with E-state index in [0.29, 0.717) is 6.61 Å². The molecule has 5 nitrogen and oxygen atoms in total. The Hall–Kier alpha value is -0.920. The molecule has 112 valence electrons. The smallest absolute Gasteiger partial charge is 0.239 e. The first kappa shape index (κ1) is 15.5. The van der Waals surface area contributed by atoms with E-state index in [1.54, 1.807) is 18.3 Å². The first-order valence-corrected chi connectivity index (χ1v) is 8.99. The van der Waals surface area contributed by atoms with Crippen molar-refractivity contribution in [2.24, 2.45) is 5.92 Å². The van der Waals surface area contributed by atoms with Crippen molar-refractivity contribution in [1.29, 1.82) is 0 Å². The summed E-state index contributed by atoms with van der Waals surface area (Å²) in [6.07, 6.45) is 0.481. The lowest BCUT2D eigenvalue weighted by molar-refractivity contribution is -0.128. The third-order valence-electron chi connectivity index (χ3n) is 3.44. The van der Waals surface area contributed by atoms with Gasteiger partial charge >= 0.3 is 0 Å². The van der Waals surface area contributed by atoms with Gasteiger partial charge in [-0.2, -0.15) is 0 Å². The minimum atomic E-state index is -3.60. The summed E-state index contributed by atoms with van der Waals surface area (Å²) in [6, 6.07) is 1.95. The molecule has 0 saturated heterocycles. The zero-order valence-electron chi connectivity index (χ0n) is 11.8. The van der Waals surface area contributed by atoms with Crippen LogP contribution in [0.2, 0.25) is 0 Å². The summed E-state index contributed by atoms with van der Waals surface area (Å²) >= 11 is 1.65. The Morgan fingerprint density at radius 1 is 1.45 bits per heavy atom. The molecule has 0 radical (unpaired) electrons. The highest BCUT2D eigenvalue weighted by atomic mass is 32.2. The average molecular weight is 317 g/mol. The van der Waals surface area contributed by atoms with E-state index in [0.717, 1.165) is 12.0 Å². The molecule has 1 N–H and O–H groups in total. The van der Waals surface area contributed by atoms with Gasteiger partial charge in [0.1, 0.15) is 0 Å². The Morgan fingerprint density at radius 2 is 2.15 bits per heavy atom. The van der Waals surface area contributed by atoms with Crippen molar-refractivity contribution < 1.29 is 17.9 Å². The van der Waals surface area contributed by atoms with Crippen LogP contribution in [0.25, 0.3) is 0 Å². The van der Waals surface area contributed by atoms with Crippen LogP contribution in [-0.4, -0.2) is 26.2 Å². The number of sulfonamides is 1. The summed E-state index contributed by atoms with van der Waals surface area (Å²) in [6.45, 7) is 5.33. The molecule has 1 aromatic heterocycles. The standard InChI is InChI=1S/C13H19NO4S2/c1-8(2)20(16,17)14-13(15)9(3)12-10-5-7-19-11(10)4-6-18-12/h5,7-9,12H,4,6H2,1-3H3,(H,14,15). The lowest BCUT2D eigenvalue weighted by Crippen LogP contribution is -2.41. The van der Waals surface area contributed by atoms with Crippen molar-refractivity contribution in [2.45, 2.75) is 38.5 Å². The second-order valence-electron chi connectivity index (χ2n) is 5.19. The van der Waals surface area contributed by atoms with Gasteiger partial charge in [-0.3, -0.25) is 9.52 Å². The van der Waals surface area contributed by atoms with Crippen LogP contribution in [0.3, 0.4) is 0 Å². The molecule has 2 atom stereocenters. The van der Waals surface area contributed by atoms with Gasteiger partial charge in [0.15, 0.2) is 0 Å². The van der Waals surface area contributed by atoms with E-state index in [9.17, 15) is 13.2 Å². The largest absolute Gasteiger partial charge is 0.372 e. The maximum Gasteiger partial charge on any atom is 0.239 e. The number of thiophene rings is 1. The molecule has 2 heterocycles. The molecular formula is C13H19NO4S2. The molecule has 7 heteroatoms. The Balaban J connectivity index is 2.13. The van der Waals surface area contributed by atoms with Crippen molar-refractivity contribution in [3.8, 4) is 0 Å². The van der Waals surface area contributed by atoms with Crippen LogP contribution < -0.4 is 4.72 Å². The van der Waals surface area contributed by atoms with Crippen molar-refractivity contribution in [3.05, 3.63) is 21.9 Å². The number of amides is 1. The molecule has 0 fully saturated rings. The number of ether oxygens (including phenoxy) is 1. The second kappa shape index (κ2) is 5.83. The molecule has 2 unspecified atom stereocenters. The minimum absolute atomic E-state index is 0.368. The van der Waals surface area contributed by atoms with Gasteiger partial charge in [-0.15, -0.1) is 11.3 Å². The van der Waals surface area contributed by atoms with Crippen LogP contribution >= 0.6 is 11.3 Å². The van der Waals surface area contributed by atoms with E-state index < -0.39 is 27.1 Å². The summed E-state index contributed by atoms with van der Waals surface area (Å²) in [5.41, 5.74) is 1.01. The predicted molar refractivity (Wildman–Crippen MR) is 78.1 cm³/mol. The number of hydrogen-bond acceptors (Lipinski definition) is 5. The van der Waals surface area contributed by atoms with Gasteiger partial charge in [0.2, 0.25) is 15.9 Å². The zero-order valence-corrected chi connectivity index (χ0v) is 13.4. The molecular weight excluding hydrogens is 298 g/mol. The van der Waals surface area contributed by atoms with Gasteiger partial charge in [0.05, 0.1) is 23.9 Å². The van der Waals surface area contributed by atoms with Gasteiger partial charge in [-0.05, 0) is 30.9 Å². The fourth-order valence-corrected chi connectivity index (χ4v) is 3.68. The number of fused-ring (bicyclic) bond motifs is 1. The van der Waals surface area contributed by atoms with Gasteiger partial charge in [-0.25, -0.2) is 8.42 Å². The summed E-state index contributed by atoms with van der Waals surface area (Å²) in [5.74, 6) is -1.06. The van der Waals surface area contributed by atoms with E-state index >= 15 is 0 Å². The minimum Gasteiger partial charge on any atom is -0.372 e. The van der Waals surface area contributed by atoms with E-state index in [1.165, 1.54) is 18.7 Å². The molecule has 1 amide bonds. The van der Waals surface area contributed by atoms with Crippen molar-refractivity contribution in [1.82, 2.24) is 4.72 Å². The molecule has 0 aliphatic carbocycles. The molecule has 0 aromatic carbocycles. The first-order chi connectivity index (χ1) is 9.33. The number of rotatable bonds is 4. The fraction of sp³-hybridized carbons (Fsp3) is 0.615. The topological polar surface area (TPSA) is 72.5 Å². The first-order valence-electron chi connectivity index (χ1n) is 6.56. The predicted octanol–water partition coefficient (Wildman–Crippen LogP) is 1.85. The SMILES string of the molecule is CC(C(=O)NS(=O)(=O)C(C)C)C1OCCc2sccc21. The van der Waals surface area contributed by atoms with Crippen LogP contribution in [0.4, 0.5) is 0 Å². The number of carbonyl (C=O) groups is 1. The van der Waals surface area contributed by atoms with Crippen molar-refractivity contribution >= 4 is 27.3 Å². The van der Waals surface area contributed by atoms with E-state index in [1.807, 2.05) is 11.4 Å². The highest BCUT2D eigenvalue weighted by Crippen LogP contribution is 2.35. The maximum absolute atomic E-state index is 12.1. The average Bonchev–Trinajstić information content (AvgIpc) is 2.85. The fourth-order valence-electron chi connectivity index (χ4n) is 2.08. The van der Waals surface area contributed by atoms with Crippen LogP contribution in [0.5, 0.6) is 0 Å². The highest BCUT2D eigenvalue weighted by Gasteiger charge is 2.33. The molecule has 1 aliphatic rings. The Bertz CT molecular complexity index is 591. The summed E-state index contributed by atoms with van der Waals surface area (Å²) in [4.78, 5) is 13.3. The van der Waals surface area contributed by atoms with Crippen LogP contribution in [0, 0.1) is 5.92 Å². The van der Waals surface area contributed by atoms with E-state index in [-0.39, 0.29) is 6.10 Å². The molecule has 1 aromatic rings. The normalized spacial score (nSPS) is 20.5. The number of carbonyl (C=O) groups excluding carboxylic acids is 1. The molecule has 0 spiro atoms. The van der Waals surface area contributed by atoms with Crippen molar-refractivity contribution in [3.63, 3.8) is 0 Å². The summed E-state index contributed by atoms with van der Waals surface area (Å²) < 4.78 is 31.3. The van der Waals surface area contributed by atoms with E-state index in [2.05, 4.69) is 4.72 Å². The summed E-state index contributed by atoms with van der Waals surface area (Å²) in [7, 11) is -3.60. The number of nitrogens with one attached hydrogen (secondary N) is 1. The Labute approximate surface area is 123 Å². The summed E-state index contributed by atoms with van der Waals surface area (Å²) in [5, 5.41) is 1.34. The highest BCUT2D eigenvalue weighted by molar-refractivity contribution is 7.90. The van der Waals surface area contributed by atoms with E-state index in [4.69, 9.17) is 4.74 Å². The van der Waals surface area contributed by atoms with Crippen LogP contribution in [-0.2, 0) is 26.0 Å². The van der Waals surface area contributed by atoms with Crippen LogP contribution in [0.15, 0.2) is 11.4 Å².